The van der Waals surface area contributed by atoms with Crippen LogP contribution in [0.5, 0.6) is 5.75 Å². The summed E-state index contributed by atoms with van der Waals surface area (Å²) in [5.41, 5.74) is 1.02. The highest BCUT2D eigenvalue weighted by Crippen LogP contribution is 2.12. The van der Waals surface area contributed by atoms with Crippen LogP contribution in [0.2, 0.25) is 0 Å². The van der Waals surface area contributed by atoms with Gasteiger partial charge < -0.3 is 9.47 Å². The Hall–Kier alpha value is -1.35. The first kappa shape index (κ1) is 13.7. The van der Waals surface area contributed by atoms with Crippen molar-refractivity contribution in [3.8, 4) is 5.75 Å². The molecule has 1 rings (SSSR count). The van der Waals surface area contributed by atoms with Crippen LogP contribution in [0.25, 0.3) is 0 Å². The van der Waals surface area contributed by atoms with Gasteiger partial charge in [-0.05, 0) is 38.5 Å². The molecular formula is C14H20O3. The average Bonchev–Trinajstić information content (AvgIpc) is 2.25. The van der Waals surface area contributed by atoms with Crippen LogP contribution in [0.1, 0.15) is 26.3 Å². The van der Waals surface area contributed by atoms with Crippen LogP contribution in [0.15, 0.2) is 24.3 Å². The quantitative estimate of drug-likeness (QED) is 0.683. The summed E-state index contributed by atoms with van der Waals surface area (Å²) in [6.45, 7) is 6.72. The fourth-order valence-electron chi connectivity index (χ4n) is 1.43. The molecule has 0 aliphatic rings. The molecule has 0 bridgehead atoms. The monoisotopic (exact) mass is 236 g/mol. The van der Waals surface area contributed by atoms with Gasteiger partial charge in [-0.25, -0.2) is 0 Å². The Bertz CT molecular complexity index is 341. The first-order chi connectivity index (χ1) is 8.08. The predicted octanol–water partition coefficient (Wildman–Crippen LogP) is 2.62. The van der Waals surface area contributed by atoms with Crippen LogP contribution in [0, 0.1) is 0 Å². The zero-order valence-corrected chi connectivity index (χ0v) is 10.7. The Morgan fingerprint density at radius 2 is 1.82 bits per heavy atom. The average molecular weight is 236 g/mol. The molecule has 0 spiro atoms. The molecule has 0 amide bonds. The minimum Gasteiger partial charge on any atom is -0.491 e. The molecule has 0 aliphatic carbocycles. The summed E-state index contributed by atoms with van der Waals surface area (Å²) in [4.78, 5) is 10.9. The van der Waals surface area contributed by atoms with Gasteiger partial charge in [0.25, 0.3) is 0 Å². The van der Waals surface area contributed by atoms with E-state index in [4.69, 9.17) is 9.47 Å². The maximum absolute atomic E-state index is 10.9. The van der Waals surface area contributed by atoms with Crippen LogP contribution in [-0.2, 0) is 16.0 Å². The van der Waals surface area contributed by atoms with Crippen molar-refractivity contribution < 1.29 is 14.3 Å². The lowest BCUT2D eigenvalue weighted by molar-refractivity contribution is -0.116. The maximum atomic E-state index is 10.9. The SMILES string of the molecule is CC(=O)Cc1ccc(OCCOC(C)C)cc1. The summed E-state index contributed by atoms with van der Waals surface area (Å²) in [6.07, 6.45) is 0.716. The molecule has 3 heteroatoms. The number of carbonyl (C=O) groups is 1. The molecule has 0 N–H and O–H groups in total. The van der Waals surface area contributed by atoms with Crippen molar-refractivity contribution in [2.24, 2.45) is 0 Å². The van der Waals surface area contributed by atoms with Gasteiger partial charge in [-0.1, -0.05) is 12.1 Å². The van der Waals surface area contributed by atoms with Gasteiger partial charge >= 0.3 is 0 Å². The summed E-state index contributed by atoms with van der Waals surface area (Å²) < 4.78 is 10.9. The Morgan fingerprint density at radius 3 is 2.35 bits per heavy atom. The third-order valence-electron chi connectivity index (χ3n) is 2.18. The number of ether oxygens (including phenoxy) is 2. The molecular weight excluding hydrogens is 216 g/mol. The van der Waals surface area contributed by atoms with Crippen molar-refractivity contribution in [1.82, 2.24) is 0 Å². The topological polar surface area (TPSA) is 35.5 Å². The molecule has 1 aromatic carbocycles. The fraction of sp³-hybridized carbons (Fsp3) is 0.500. The van der Waals surface area contributed by atoms with E-state index in [2.05, 4.69) is 0 Å². The molecule has 17 heavy (non-hydrogen) atoms. The molecule has 0 saturated heterocycles. The van der Waals surface area contributed by atoms with Crippen LogP contribution in [-0.4, -0.2) is 25.1 Å². The highest BCUT2D eigenvalue weighted by atomic mass is 16.5. The van der Waals surface area contributed by atoms with Gasteiger partial charge in [-0.3, -0.25) is 4.79 Å². The summed E-state index contributed by atoms with van der Waals surface area (Å²) in [5.74, 6) is 0.980. The zero-order chi connectivity index (χ0) is 12.7. The molecule has 1 aromatic rings. The predicted molar refractivity (Wildman–Crippen MR) is 67.4 cm³/mol. The Balaban J connectivity index is 2.32. The molecule has 94 valence electrons. The van der Waals surface area contributed by atoms with Gasteiger partial charge in [0, 0.05) is 6.42 Å². The van der Waals surface area contributed by atoms with Gasteiger partial charge in [-0.2, -0.15) is 0 Å². The van der Waals surface area contributed by atoms with E-state index in [0.29, 0.717) is 19.6 Å². The van der Waals surface area contributed by atoms with Gasteiger partial charge in [-0.15, -0.1) is 0 Å². The maximum Gasteiger partial charge on any atom is 0.134 e. The highest BCUT2D eigenvalue weighted by molar-refractivity contribution is 5.78. The largest absolute Gasteiger partial charge is 0.491 e. The van der Waals surface area contributed by atoms with E-state index < -0.39 is 0 Å². The van der Waals surface area contributed by atoms with Crippen LogP contribution >= 0.6 is 0 Å². The van der Waals surface area contributed by atoms with Crippen LogP contribution in [0.3, 0.4) is 0 Å². The van der Waals surface area contributed by atoms with Crippen molar-refractivity contribution in [2.45, 2.75) is 33.3 Å². The molecule has 3 nitrogen and oxygen atoms in total. The number of rotatable bonds is 7. The van der Waals surface area contributed by atoms with Crippen molar-refractivity contribution >= 4 is 5.78 Å². The smallest absolute Gasteiger partial charge is 0.134 e. The highest BCUT2D eigenvalue weighted by Gasteiger charge is 1.99. The van der Waals surface area contributed by atoms with Crippen molar-refractivity contribution in [3.63, 3.8) is 0 Å². The summed E-state index contributed by atoms with van der Waals surface area (Å²) in [6, 6.07) is 7.60. The van der Waals surface area contributed by atoms with Crippen molar-refractivity contribution in [3.05, 3.63) is 29.8 Å². The van der Waals surface area contributed by atoms with Gasteiger partial charge in [0.15, 0.2) is 0 Å². The molecule has 0 heterocycles. The van der Waals surface area contributed by atoms with Crippen molar-refractivity contribution in [2.75, 3.05) is 13.2 Å². The zero-order valence-electron chi connectivity index (χ0n) is 10.7. The van der Waals surface area contributed by atoms with Gasteiger partial charge in [0.1, 0.15) is 18.1 Å². The van der Waals surface area contributed by atoms with E-state index in [1.807, 2.05) is 38.1 Å². The van der Waals surface area contributed by atoms with Gasteiger partial charge in [0.2, 0.25) is 0 Å². The molecule has 0 unspecified atom stereocenters. The van der Waals surface area contributed by atoms with Crippen LogP contribution in [0.4, 0.5) is 0 Å². The second kappa shape index (κ2) is 7.07. The number of ketones is 1. The van der Waals surface area contributed by atoms with E-state index in [1.54, 1.807) is 6.92 Å². The minimum atomic E-state index is 0.170. The minimum absolute atomic E-state index is 0.170. The summed E-state index contributed by atoms with van der Waals surface area (Å²) in [5, 5.41) is 0. The second-order valence-corrected chi connectivity index (χ2v) is 4.29. The molecule has 0 fully saturated rings. The number of carbonyl (C=O) groups excluding carboxylic acids is 1. The van der Waals surface area contributed by atoms with Gasteiger partial charge in [0.05, 0.1) is 12.7 Å². The Kier molecular flexibility index (Phi) is 5.70. The molecule has 0 radical (unpaired) electrons. The van der Waals surface area contributed by atoms with E-state index >= 15 is 0 Å². The number of Topliss-reactive ketones (excluding diaryl/α,β-unsaturated/α-hetero) is 1. The lowest BCUT2D eigenvalue weighted by Crippen LogP contribution is -2.11. The van der Waals surface area contributed by atoms with E-state index in [0.717, 1.165) is 11.3 Å². The summed E-state index contributed by atoms with van der Waals surface area (Å²) in [7, 11) is 0. The van der Waals surface area contributed by atoms with E-state index in [-0.39, 0.29) is 11.9 Å². The number of benzene rings is 1. The number of hydrogen-bond acceptors (Lipinski definition) is 3. The lowest BCUT2D eigenvalue weighted by atomic mass is 10.1. The standard InChI is InChI=1S/C14H20O3/c1-11(2)16-8-9-17-14-6-4-13(5-7-14)10-12(3)15/h4-7,11H,8-10H2,1-3H3. The molecule has 0 atom stereocenters. The van der Waals surface area contributed by atoms with E-state index in [9.17, 15) is 4.79 Å². The third-order valence-corrected chi connectivity index (χ3v) is 2.18. The molecule has 0 aromatic heterocycles. The third kappa shape index (κ3) is 6.07. The first-order valence-corrected chi connectivity index (χ1v) is 5.90. The Morgan fingerprint density at radius 1 is 1.18 bits per heavy atom. The van der Waals surface area contributed by atoms with Crippen LogP contribution < -0.4 is 4.74 Å². The first-order valence-electron chi connectivity index (χ1n) is 5.90. The number of hydrogen-bond donors (Lipinski definition) is 0. The van der Waals surface area contributed by atoms with Crippen molar-refractivity contribution in [1.29, 1.82) is 0 Å². The summed E-state index contributed by atoms with van der Waals surface area (Å²) >= 11 is 0. The second-order valence-electron chi connectivity index (χ2n) is 4.29. The molecule has 0 aliphatic heterocycles. The lowest BCUT2D eigenvalue weighted by Gasteiger charge is -2.09. The fourth-order valence-corrected chi connectivity index (χ4v) is 1.43. The Labute approximate surface area is 103 Å². The van der Waals surface area contributed by atoms with E-state index in [1.165, 1.54) is 0 Å². The molecule has 0 saturated carbocycles. The normalized spacial score (nSPS) is 10.6.